The number of anilines is 1. The van der Waals surface area contributed by atoms with Crippen LogP contribution in [0.1, 0.15) is 30.0 Å². The standard InChI is InChI=1S/C22H24N2O5/c1-15(25)29-14-17-9-10-19-18(11-17)22(28,12-20(26)23(2)3)21(27)24(19)13-16-7-5-4-6-8-16/h4-11,28H,12-14H2,1-3H3. The van der Waals surface area contributed by atoms with Crippen molar-refractivity contribution in [2.24, 2.45) is 0 Å². The molecular weight excluding hydrogens is 372 g/mol. The molecule has 7 heteroatoms. The molecule has 1 unspecified atom stereocenters. The molecule has 0 fully saturated rings. The zero-order valence-corrected chi connectivity index (χ0v) is 16.7. The van der Waals surface area contributed by atoms with Crippen molar-refractivity contribution < 1.29 is 24.2 Å². The minimum absolute atomic E-state index is 0.0210. The van der Waals surface area contributed by atoms with Gasteiger partial charge in [0.1, 0.15) is 6.61 Å². The van der Waals surface area contributed by atoms with Crippen LogP contribution in [0.3, 0.4) is 0 Å². The van der Waals surface area contributed by atoms with Crippen LogP contribution in [-0.2, 0) is 37.9 Å². The van der Waals surface area contributed by atoms with Crippen molar-refractivity contribution in [2.45, 2.75) is 32.1 Å². The van der Waals surface area contributed by atoms with Crippen LogP contribution in [-0.4, -0.2) is 41.9 Å². The highest BCUT2D eigenvalue weighted by molar-refractivity contribution is 6.08. The number of carbonyl (C=O) groups is 3. The van der Waals surface area contributed by atoms with Gasteiger partial charge in [-0.25, -0.2) is 0 Å². The SMILES string of the molecule is CC(=O)OCc1ccc2c(c1)C(O)(CC(=O)N(C)C)C(=O)N2Cc1ccccc1. The molecule has 0 aromatic heterocycles. The summed E-state index contributed by atoms with van der Waals surface area (Å²) in [6.07, 6.45) is -0.367. The van der Waals surface area contributed by atoms with Crippen LogP contribution >= 0.6 is 0 Å². The fraction of sp³-hybridized carbons (Fsp3) is 0.318. The number of carbonyl (C=O) groups excluding carboxylic acids is 3. The average molecular weight is 396 g/mol. The molecule has 2 amide bonds. The second kappa shape index (κ2) is 8.05. The number of hydrogen-bond acceptors (Lipinski definition) is 5. The summed E-state index contributed by atoms with van der Waals surface area (Å²) in [5, 5.41) is 11.3. The lowest BCUT2D eigenvalue weighted by molar-refractivity contribution is -0.145. The van der Waals surface area contributed by atoms with E-state index in [4.69, 9.17) is 4.74 Å². The van der Waals surface area contributed by atoms with Crippen LogP contribution in [0.2, 0.25) is 0 Å². The fourth-order valence-corrected chi connectivity index (χ4v) is 3.34. The first-order valence-corrected chi connectivity index (χ1v) is 9.27. The Morgan fingerprint density at radius 3 is 2.41 bits per heavy atom. The number of amides is 2. The summed E-state index contributed by atoms with van der Waals surface area (Å²) in [6, 6.07) is 14.5. The molecule has 1 atom stereocenters. The highest BCUT2D eigenvalue weighted by atomic mass is 16.5. The van der Waals surface area contributed by atoms with Crippen molar-refractivity contribution in [3.8, 4) is 0 Å². The molecule has 0 saturated heterocycles. The third-order valence-corrected chi connectivity index (χ3v) is 4.93. The second-order valence-corrected chi connectivity index (χ2v) is 7.33. The Bertz CT molecular complexity index is 941. The Hall–Kier alpha value is -3.19. The van der Waals surface area contributed by atoms with Crippen LogP contribution in [0.4, 0.5) is 5.69 Å². The summed E-state index contributed by atoms with van der Waals surface area (Å²) >= 11 is 0. The zero-order valence-electron chi connectivity index (χ0n) is 16.7. The predicted octanol–water partition coefficient (Wildman–Crippen LogP) is 1.96. The van der Waals surface area contributed by atoms with E-state index in [0.29, 0.717) is 16.8 Å². The molecule has 2 aromatic rings. The van der Waals surface area contributed by atoms with Crippen LogP contribution in [0.5, 0.6) is 0 Å². The van der Waals surface area contributed by atoms with Crippen molar-refractivity contribution in [1.29, 1.82) is 0 Å². The predicted molar refractivity (Wildman–Crippen MR) is 107 cm³/mol. The normalized spacial score (nSPS) is 17.8. The summed E-state index contributed by atoms with van der Waals surface area (Å²) < 4.78 is 5.03. The molecule has 0 bridgehead atoms. The first-order chi connectivity index (χ1) is 13.7. The van der Waals surface area contributed by atoms with E-state index in [9.17, 15) is 19.5 Å². The molecule has 2 aromatic carbocycles. The molecule has 1 aliphatic heterocycles. The average Bonchev–Trinajstić information content (AvgIpc) is 2.88. The molecule has 3 rings (SSSR count). The van der Waals surface area contributed by atoms with Gasteiger partial charge in [-0.3, -0.25) is 14.4 Å². The van der Waals surface area contributed by atoms with Gasteiger partial charge < -0.3 is 19.6 Å². The van der Waals surface area contributed by atoms with E-state index in [1.807, 2.05) is 30.3 Å². The molecule has 0 aliphatic carbocycles. The van der Waals surface area contributed by atoms with Gasteiger partial charge in [0.15, 0.2) is 5.60 Å². The third-order valence-electron chi connectivity index (χ3n) is 4.93. The van der Waals surface area contributed by atoms with E-state index < -0.39 is 17.5 Å². The molecule has 152 valence electrons. The molecule has 1 aliphatic rings. The van der Waals surface area contributed by atoms with Crippen molar-refractivity contribution in [2.75, 3.05) is 19.0 Å². The van der Waals surface area contributed by atoms with E-state index >= 15 is 0 Å². The van der Waals surface area contributed by atoms with Gasteiger partial charge in [0, 0.05) is 26.6 Å². The van der Waals surface area contributed by atoms with Gasteiger partial charge in [-0.2, -0.15) is 0 Å². The third kappa shape index (κ3) is 4.14. The minimum Gasteiger partial charge on any atom is -0.461 e. The molecule has 0 spiro atoms. The Morgan fingerprint density at radius 2 is 1.79 bits per heavy atom. The molecule has 29 heavy (non-hydrogen) atoms. The Kier molecular flexibility index (Phi) is 5.70. The Labute approximate surface area is 169 Å². The molecule has 7 nitrogen and oxygen atoms in total. The highest BCUT2D eigenvalue weighted by Crippen LogP contribution is 2.44. The zero-order chi connectivity index (χ0) is 21.2. The van der Waals surface area contributed by atoms with Gasteiger partial charge in [0.25, 0.3) is 5.91 Å². The minimum atomic E-state index is -1.97. The highest BCUT2D eigenvalue weighted by Gasteiger charge is 2.51. The largest absolute Gasteiger partial charge is 0.461 e. The van der Waals surface area contributed by atoms with Crippen LogP contribution in [0, 0.1) is 0 Å². The maximum atomic E-state index is 13.2. The summed E-state index contributed by atoms with van der Waals surface area (Å²) in [6.45, 7) is 1.60. The molecule has 0 radical (unpaired) electrons. The maximum Gasteiger partial charge on any atom is 0.302 e. The smallest absolute Gasteiger partial charge is 0.302 e. The first kappa shape index (κ1) is 20.5. The molecular formula is C22H24N2O5. The Morgan fingerprint density at radius 1 is 1.10 bits per heavy atom. The lowest BCUT2D eigenvalue weighted by Gasteiger charge is -2.24. The fourth-order valence-electron chi connectivity index (χ4n) is 3.34. The van der Waals surface area contributed by atoms with Crippen LogP contribution in [0.25, 0.3) is 0 Å². The van der Waals surface area contributed by atoms with Gasteiger partial charge in [0.05, 0.1) is 18.7 Å². The molecule has 1 N–H and O–H groups in total. The number of benzene rings is 2. The Balaban J connectivity index is 2.01. The number of aliphatic hydroxyl groups is 1. The van der Waals surface area contributed by atoms with Crippen LogP contribution < -0.4 is 4.90 Å². The van der Waals surface area contributed by atoms with Crippen LogP contribution in [0.15, 0.2) is 48.5 Å². The second-order valence-electron chi connectivity index (χ2n) is 7.33. The number of fused-ring (bicyclic) bond motifs is 1. The summed E-state index contributed by atoms with van der Waals surface area (Å²) in [7, 11) is 3.15. The summed E-state index contributed by atoms with van der Waals surface area (Å²) in [5.74, 6) is -1.33. The van der Waals surface area contributed by atoms with Crippen molar-refractivity contribution in [3.05, 3.63) is 65.2 Å². The number of hydrogen-bond donors (Lipinski definition) is 1. The quantitative estimate of drug-likeness (QED) is 0.755. The summed E-state index contributed by atoms with van der Waals surface area (Å²) in [5.41, 5.74) is 0.443. The first-order valence-electron chi connectivity index (χ1n) is 9.27. The van der Waals surface area contributed by atoms with Gasteiger partial charge in [0.2, 0.25) is 5.91 Å². The lowest BCUT2D eigenvalue weighted by atomic mass is 9.90. The van der Waals surface area contributed by atoms with Gasteiger partial charge in [-0.15, -0.1) is 0 Å². The monoisotopic (exact) mass is 396 g/mol. The van der Waals surface area contributed by atoms with E-state index in [0.717, 1.165) is 5.56 Å². The van der Waals surface area contributed by atoms with E-state index in [1.165, 1.54) is 16.7 Å². The summed E-state index contributed by atoms with van der Waals surface area (Å²) in [4.78, 5) is 39.5. The van der Waals surface area contributed by atoms with Crippen molar-refractivity contribution in [3.63, 3.8) is 0 Å². The van der Waals surface area contributed by atoms with E-state index in [1.54, 1.807) is 32.3 Å². The maximum absolute atomic E-state index is 13.2. The number of ether oxygens (including phenoxy) is 1. The lowest BCUT2D eigenvalue weighted by Crippen LogP contribution is -2.43. The number of rotatable bonds is 6. The topological polar surface area (TPSA) is 87.1 Å². The molecule has 0 saturated carbocycles. The number of esters is 1. The number of nitrogens with zero attached hydrogens (tertiary/aromatic N) is 2. The molecule has 1 heterocycles. The van der Waals surface area contributed by atoms with Gasteiger partial charge >= 0.3 is 5.97 Å². The van der Waals surface area contributed by atoms with Gasteiger partial charge in [-0.05, 0) is 23.3 Å². The van der Waals surface area contributed by atoms with Crippen molar-refractivity contribution >= 4 is 23.5 Å². The van der Waals surface area contributed by atoms with E-state index in [2.05, 4.69) is 0 Å². The van der Waals surface area contributed by atoms with Gasteiger partial charge in [-0.1, -0.05) is 36.4 Å². The van der Waals surface area contributed by atoms with E-state index in [-0.39, 0.29) is 25.5 Å². The van der Waals surface area contributed by atoms with Crippen molar-refractivity contribution in [1.82, 2.24) is 4.90 Å².